The van der Waals surface area contributed by atoms with Gasteiger partial charge in [-0.3, -0.25) is 0 Å². The molecule has 0 aliphatic rings. The summed E-state index contributed by atoms with van der Waals surface area (Å²) >= 11 is 7.92. The van der Waals surface area contributed by atoms with Crippen molar-refractivity contribution in [3.05, 3.63) is 63.9 Å². The molecular weight excluding hydrogens is 293 g/mol. The molecule has 20 heavy (non-hydrogen) atoms. The molecular formula is C16H17ClFNS. The SMILES string of the molecule is CNC(c1cc(C)c(F)cc1Cl)c1ccccc1SC. The van der Waals surface area contributed by atoms with Crippen LogP contribution in [0, 0.1) is 12.7 Å². The zero-order valence-electron chi connectivity index (χ0n) is 11.7. The first-order valence-corrected chi connectivity index (χ1v) is 7.94. The Hall–Kier alpha value is -1.03. The van der Waals surface area contributed by atoms with E-state index in [1.807, 2.05) is 31.5 Å². The van der Waals surface area contributed by atoms with E-state index < -0.39 is 0 Å². The molecule has 1 N–H and O–H groups in total. The van der Waals surface area contributed by atoms with Crippen LogP contribution in [0.3, 0.4) is 0 Å². The maximum absolute atomic E-state index is 13.6. The zero-order valence-corrected chi connectivity index (χ0v) is 13.3. The molecule has 0 aromatic heterocycles. The van der Waals surface area contributed by atoms with E-state index in [9.17, 15) is 4.39 Å². The number of hydrogen-bond acceptors (Lipinski definition) is 2. The lowest BCUT2D eigenvalue weighted by Crippen LogP contribution is -2.19. The quantitative estimate of drug-likeness (QED) is 0.813. The summed E-state index contributed by atoms with van der Waals surface area (Å²) in [6, 6.07) is 11.3. The Morgan fingerprint density at radius 3 is 2.55 bits per heavy atom. The van der Waals surface area contributed by atoms with Gasteiger partial charge < -0.3 is 5.32 Å². The molecule has 0 bridgehead atoms. The summed E-state index contributed by atoms with van der Waals surface area (Å²) < 4.78 is 13.6. The fraction of sp³-hybridized carbons (Fsp3) is 0.250. The lowest BCUT2D eigenvalue weighted by Gasteiger charge is -2.21. The van der Waals surface area contributed by atoms with E-state index in [-0.39, 0.29) is 11.9 Å². The van der Waals surface area contributed by atoms with Crippen LogP contribution >= 0.6 is 23.4 Å². The van der Waals surface area contributed by atoms with Crippen LogP contribution in [0.1, 0.15) is 22.7 Å². The van der Waals surface area contributed by atoms with E-state index in [0.29, 0.717) is 10.6 Å². The number of halogens is 2. The van der Waals surface area contributed by atoms with E-state index in [0.717, 1.165) is 11.1 Å². The summed E-state index contributed by atoms with van der Waals surface area (Å²) in [5.41, 5.74) is 2.65. The molecule has 0 fully saturated rings. The number of nitrogens with one attached hydrogen (secondary N) is 1. The predicted octanol–water partition coefficient (Wildman–Crippen LogP) is 4.82. The summed E-state index contributed by atoms with van der Waals surface area (Å²) in [5.74, 6) is -0.272. The van der Waals surface area contributed by atoms with Gasteiger partial charge in [0.1, 0.15) is 5.82 Å². The van der Waals surface area contributed by atoms with Gasteiger partial charge >= 0.3 is 0 Å². The molecule has 0 aliphatic carbocycles. The van der Waals surface area contributed by atoms with Crippen molar-refractivity contribution in [1.82, 2.24) is 5.32 Å². The van der Waals surface area contributed by atoms with Crippen LogP contribution < -0.4 is 5.32 Å². The number of thioether (sulfide) groups is 1. The first-order chi connectivity index (χ1) is 9.58. The zero-order chi connectivity index (χ0) is 14.7. The molecule has 0 saturated heterocycles. The van der Waals surface area contributed by atoms with Crippen molar-refractivity contribution in [2.75, 3.05) is 13.3 Å². The van der Waals surface area contributed by atoms with E-state index in [1.165, 1.54) is 11.0 Å². The molecule has 2 aromatic rings. The second-order valence-electron chi connectivity index (χ2n) is 4.59. The van der Waals surface area contributed by atoms with Crippen LogP contribution in [-0.2, 0) is 0 Å². The van der Waals surface area contributed by atoms with E-state index in [2.05, 4.69) is 17.4 Å². The average Bonchev–Trinajstić information content (AvgIpc) is 2.45. The van der Waals surface area contributed by atoms with Gasteiger partial charge in [-0.25, -0.2) is 4.39 Å². The Morgan fingerprint density at radius 2 is 1.90 bits per heavy atom. The molecule has 1 atom stereocenters. The summed E-state index contributed by atoms with van der Waals surface area (Å²) in [6.07, 6.45) is 2.04. The highest BCUT2D eigenvalue weighted by Gasteiger charge is 2.19. The highest BCUT2D eigenvalue weighted by Crippen LogP contribution is 2.34. The number of hydrogen-bond donors (Lipinski definition) is 1. The lowest BCUT2D eigenvalue weighted by molar-refractivity contribution is 0.613. The van der Waals surface area contributed by atoms with Crippen LogP contribution in [0.2, 0.25) is 5.02 Å². The van der Waals surface area contributed by atoms with Crippen molar-refractivity contribution in [1.29, 1.82) is 0 Å². The van der Waals surface area contributed by atoms with Crippen LogP contribution in [0.5, 0.6) is 0 Å². The molecule has 0 radical (unpaired) electrons. The van der Waals surface area contributed by atoms with Gasteiger partial charge in [0.15, 0.2) is 0 Å². The first kappa shape index (κ1) is 15.4. The Balaban J connectivity index is 2.55. The van der Waals surface area contributed by atoms with Crippen molar-refractivity contribution in [3.8, 4) is 0 Å². The van der Waals surface area contributed by atoms with Gasteiger partial charge in [0.05, 0.1) is 6.04 Å². The highest BCUT2D eigenvalue weighted by molar-refractivity contribution is 7.98. The van der Waals surface area contributed by atoms with Gasteiger partial charge in [0.25, 0.3) is 0 Å². The molecule has 106 valence electrons. The second kappa shape index (κ2) is 6.61. The summed E-state index contributed by atoms with van der Waals surface area (Å²) in [7, 11) is 1.89. The van der Waals surface area contributed by atoms with Crippen LogP contribution in [0.15, 0.2) is 41.3 Å². The van der Waals surface area contributed by atoms with E-state index in [1.54, 1.807) is 18.7 Å². The smallest absolute Gasteiger partial charge is 0.127 e. The fourth-order valence-corrected chi connectivity index (χ4v) is 3.18. The van der Waals surface area contributed by atoms with Gasteiger partial charge in [0, 0.05) is 9.92 Å². The van der Waals surface area contributed by atoms with Crippen molar-refractivity contribution >= 4 is 23.4 Å². The maximum Gasteiger partial charge on any atom is 0.127 e. The second-order valence-corrected chi connectivity index (χ2v) is 5.84. The largest absolute Gasteiger partial charge is 0.309 e. The topological polar surface area (TPSA) is 12.0 Å². The minimum atomic E-state index is -0.272. The maximum atomic E-state index is 13.6. The van der Waals surface area contributed by atoms with Crippen molar-refractivity contribution < 1.29 is 4.39 Å². The molecule has 1 unspecified atom stereocenters. The summed E-state index contributed by atoms with van der Waals surface area (Å²) in [5, 5.41) is 3.72. The van der Waals surface area contributed by atoms with Crippen molar-refractivity contribution in [2.24, 2.45) is 0 Å². The monoisotopic (exact) mass is 309 g/mol. The Morgan fingerprint density at radius 1 is 1.20 bits per heavy atom. The predicted molar refractivity (Wildman–Crippen MR) is 85.3 cm³/mol. The third-order valence-electron chi connectivity index (χ3n) is 3.33. The number of rotatable bonds is 4. The summed E-state index contributed by atoms with van der Waals surface area (Å²) in [4.78, 5) is 1.19. The standard InChI is InChI=1S/C16H17ClFNS/c1-10-8-12(13(17)9-14(10)18)16(19-2)11-6-4-5-7-15(11)20-3/h4-9,16,19H,1-3H3. The van der Waals surface area contributed by atoms with E-state index >= 15 is 0 Å². The lowest BCUT2D eigenvalue weighted by atomic mass is 9.97. The van der Waals surface area contributed by atoms with Gasteiger partial charge in [-0.05, 0) is 55.1 Å². The average molecular weight is 310 g/mol. The molecule has 0 aliphatic heterocycles. The van der Waals surface area contributed by atoms with Gasteiger partial charge in [0.2, 0.25) is 0 Å². The number of benzene rings is 2. The van der Waals surface area contributed by atoms with Gasteiger partial charge in [-0.1, -0.05) is 29.8 Å². The van der Waals surface area contributed by atoms with Crippen LogP contribution in [0.4, 0.5) is 4.39 Å². The normalized spacial score (nSPS) is 12.4. The Labute approximate surface area is 128 Å². The first-order valence-electron chi connectivity index (χ1n) is 6.34. The molecule has 2 aromatic carbocycles. The molecule has 0 amide bonds. The minimum absolute atomic E-state index is 0.0505. The fourth-order valence-electron chi connectivity index (χ4n) is 2.28. The molecule has 4 heteroatoms. The number of aryl methyl sites for hydroxylation is 1. The van der Waals surface area contributed by atoms with Gasteiger partial charge in [-0.2, -0.15) is 0 Å². The summed E-state index contributed by atoms with van der Waals surface area (Å²) in [6.45, 7) is 1.75. The van der Waals surface area contributed by atoms with Crippen molar-refractivity contribution in [2.45, 2.75) is 17.9 Å². The third kappa shape index (κ3) is 3.00. The molecule has 0 heterocycles. The van der Waals surface area contributed by atoms with Crippen molar-refractivity contribution in [3.63, 3.8) is 0 Å². The van der Waals surface area contributed by atoms with Gasteiger partial charge in [-0.15, -0.1) is 11.8 Å². The molecule has 0 saturated carbocycles. The molecule has 1 nitrogen and oxygen atoms in total. The minimum Gasteiger partial charge on any atom is -0.309 e. The Kier molecular flexibility index (Phi) is 5.08. The molecule has 0 spiro atoms. The Bertz CT molecular complexity index is 615. The molecule has 2 rings (SSSR count). The third-order valence-corrected chi connectivity index (χ3v) is 4.47. The van der Waals surface area contributed by atoms with Crippen LogP contribution in [-0.4, -0.2) is 13.3 Å². The van der Waals surface area contributed by atoms with Crippen LogP contribution in [0.25, 0.3) is 0 Å². The van der Waals surface area contributed by atoms with E-state index in [4.69, 9.17) is 11.6 Å². The highest BCUT2D eigenvalue weighted by atomic mass is 35.5.